The van der Waals surface area contributed by atoms with Crippen LogP contribution < -0.4 is 11.1 Å². The van der Waals surface area contributed by atoms with Gasteiger partial charge < -0.3 is 0 Å². The highest BCUT2D eigenvalue weighted by Crippen LogP contribution is 2.17. The number of nitrogens with one attached hydrogen (secondary N) is 1. The molecule has 0 saturated heterocycles. The molecular formula is C17H10N6O. The molecule has 24 heavy (non-hydrogen) atoms. The number of rotatable bonds is 3. The number of nitriles is 2. The largest absolute Gasteiger partial charge is 0.281 e. The van der Waals surface area contributed by atoms with Gasteiger partial charge in [0.2, 0.25) is 5.71 Å². The SMILES string of the molecule is N#CC(C#N)=NNn1c(-c2ccccc2)nc2ccccc2c1=O. The van der Waals surface area contributed by atoms with Gasteiger partial charge in [-0.15, -0.1) is 5.10 Å². The Morgan fingerprint density at radius 3 is 2.42 bits per heavy atom. The van der Waals surface area contributed by atoms with E-state index >= 15 is 0 Å². The summed E-state index contributed by atoms with van der Waals surface area (Å²) in [5.74, 6) is 0.332. The molecule has 0 spiro atoms. The smallest absolute Gasteiger partial charge is 0.267 e. The minimum absolute atomic E-state index is 0.332. The molecule has 1 heterocycles. The van der Waals surface area contributed by atoms with Crippen molar-refractivity contribution in [1.82, 2.24) is 9.66 Å². The van der Waals surface area contributed by atoms with Gasteiger partial charge in [0.25, 0.3) is 5.56 Å². The summed E-state index contributed by atoms with van der Waals surface area (Å²) in [7, 11) is 0. The molecule has 0 amide bonds. The van der Waals surface area contributed by atoms with Gasteiger partial charge >= 0.3 is 0 Å². The molecule has 0 radical (unpaired) electrons. The number of nitrogens with zero attached hydrogens (tertiary/aromatic N) is 5. The summed E-state index contributed by atoms with van der Waals surface area (Å²) in [5, 5.41) is 21.6. The first kappa shape index (κ1) is 14.9. The molecule has 2 aromatic carbocycles. The molecule has 3 aromatic rings. The minimum atomic E-state index is -0.394. The van der Waals surface area contributed by atoms with Crippen molar-refractivity contribution in [2.75, 3.05) is 5.53 Å². The van der Waals surface area contributed by atoms with E-state index in [1.807, 2.05) is 18.2 Å². The van der Waals surface area contributed by atoms with Crippen molar-refractivity contribution >= 4 is 16.6 Å². The van der Waals surface area contributed by atoms with Gasteiger partial charge in [-0.05, 0) is 12.1 Å². The van der Waals surface area contributed by atoms with Crippen LogP contribution in [0.3, 0.4) is 0 Å². The van der Waals surface area contributed by atoms with E-state index in [2.05, 4.69) is 15.6 Å². The van der Waals surface area contributed by atoms with Crippen molar-refractivity contribution in [3.05, 3.63) is 65.0 Å². The number of hydrogen-bond donors (Lipinski definition) is 1. The number of hydrazone groups is 1. The quantitative estimate of drug-likeness (QED) is 0.588. The number of aromatic nitrogens is 2. The summed E-state index contributed by atoms with van der Waals surface area (Å²) < 4.78 is 1.12. The van der Waals surface area contributed by atoms with Crippen molar-refractivity contribution in [3.63, 3.8) is 0 Å². The van der Waals surface area contributed by atoms with Gasteiger partial charge in [-0.3, -0.25) is 4.79 Å². The zero-order valence-corrected chi connectivity index (χ0v) is 12.3. The fraction of sp³-hybridized carbons (Fsp3) is 0. The van der Waals surface area contributed by atoms with Crippen molar-refractivity contribution in [2.24, 2.45) is 5.10 Å². The summed E-state index contributed by atoms with van der Waals surface area (Å²) in [6.45, 7) is 0. The fourth-order valence-corrected chi connectivity index (χ4v) is 2.18. The van der Waals surface area contributed by atoms with Crippen LogP contribution >= 0.6 is 0 Å². The molecule has 1 N–H and O–H groups in total. The fourth-order valence-electron chi connectivity index (χ4n) is 2.18. The van der Waals surface area contributed by atoms with E-state index in [-0.39, 0.29) is 5.56 Å². The Hall–Kier alpha value is -3.97. The van der Waals surface area contributed by atoms with Crippen molar-refractivity contribution in [1.29, 1.82) is 10.5 Å². The van der Waals surface area contributed by atoms with E-state index in [4.69, 9.17) is 10.5 Å². The highest BCUT2D eigenvalue weighted by molar-refractivity contribution is 6.10. The maximum Gasteiger partial charge on any atom is 0.281 e. The molecule has 0 aliphatic heterocycles. The number of hydrogen-bond acceptors (Lipinski definition) is 6. The van der Waals surface area contributed by atoms with Crippen LogP contribution in [0.4, 0.5) is 0 Å². The maximum absolute atomic E-state index is 12.7. The first-order chi connectivity index (χ1) is 11.7. The lowest BCUT2D eigenvalue weighted by Crippen LogP contribution is -2.29. The second kappa shape index (κ2) is 6.42. The predicted octanol–water partition coefficient (Wildman–Crippen LogP) is 2.01. The maximum atomic E-state index is 12.7. The topological polar surface area (TPSA) is 107 Å². The minimum Gasteiger partial charge on any atom is -0.267 e. The summed E-state index contributed by atoms with van der Waals surface area (Å²) in [4.78, 5) is 17.2. The third-order valence-electron chi connectivity index (χ3n) is 3.28. The molecule has 7 nitrogen and oxygen atoms in total. The normalized spacial score (nSPS) is 9.75. The van der Waals surface area contributed by atoms with Crippen LogP contribution in [-0.4, -0.2) is 15.4 Å². The Morgan fingerprint density at radius 2 is 1.71 bits per heavy atom. The van der Waals surface area contributed by atoms with Crippen molar-refractivity contribution < 1.29 is 0 Å². The molecule has 0 aliphatic carbocycles. The standard InChI is InChI=1S/C17H10N6O/c18-10-13(11-19)21-22-23-16(12-6-2-1-3-7-12)20-15-9-5-4-8-14(15)17(23)24/h1-9,22H. The molecule has 0 unspecified atom stereocenters. The molecule has 0 bridgehead atoms. The zero-order valence-electron chi connectivity index (χ0n) is 12.3. The summed E-state index contributed by atoms with van der Waals surface area (Å²) in [5.41, 5.74) is 2.93. The molecule has 0 aliphatic rings. The zero-order chi connectivity index (χ0) is 16.9. The van der Waals surface area contributed by atoms with E-state index in [1.165, 1.54) is 0 Å². The molecule has 0 atom stereocenters. The Morgan fingerprint density at radius 1 is 1.04 bits per heavy atom. The molecular weight excluding hydrogens is 304 g/mol. The van der Waals surface area contributed by atoms with Crippen molar-refractivity contribution in [3.8, 4) is 23.5 Å². The van der Waals surface area contributed by atoms with E-state index in [9.17, 15) is 4.79 Å². The highest BCUT2D eigenvalue weighted by Gasteiger charge is 2.12. The first-order valence-electron chi connectivity index (χ1n) is 6.95. The van der Waals surface area contributed by atoms with Gasteiger partial charge in [-0.2, -0.15) is 15.2 Å². The molecule has 1 aromatic heterocycles. The van der Waals surface area contributed by atoms with Gasteiger partial charge in [-0.1, -0.05) is 42.5 Å². The van der Waals surface area contributed by atoms with Crippen LogP contribution in [0.15, 0.2) is 64.5 Å². The van der Waals surface area contributed by atoms with Gasteiger partial charge in [0.15, 0.2) is 5.82 Å². The van der Waals surface area contributed by atoms with Crippen LogP contribution in [0.1, 0.15) is 0 Å². The molecule has 114 valence electrons. The highest BCUT2D eigenvalue weighted by atomic mass is 16.1. The lowest BCUT2D eigenvalue weighted by molar-refractivity contribution is 0.834. The van der Waals surface area contributed by atoms with Gasteiger partial charge in [0.05, 0.1) is 10.9 Å². The number of fused-ring (bicyclic) bond motifs is 1. The summed E-state index contributed by atoms with van der Waals surface area (Å²) in [6.07, 6.45) is 0. The lowest BCUT2D eigenvalue weighted by Gasteiger charge is -2.12. The molecule has 7 heteroatoms. The van der Waals surface area contributed by atoms with E-state index in [0.717, 1.165) is 4.68 Å². The van der Waals surface area contributed by atoms with Crippen LogP contribution in [-0.2, 0) is 0 Å². The van der Waals surface area contributed by atoms with E-state index in [1.54, 1.807) is 48.5 Å². The second-order valence-corrected chi connectivity index (χ2v) is 4.74. The van der Waals surface area contributed by atoms with Crippen LogP contribution in [0.5, 0.6) is 0 Å². The number of benzene rings is 2. The first-order valence-corrected chi connectivity index (χ1v) is 6.95. The van der Waals surface area contributed by atoms with Gasteiger partial charge in [0.1, 0.15) is 12.1 Å². The third kappa shape index (κ3) is 2.70. The molecule has 0 saturated carbocycles. The Balaban J connectivity index is 2.27. The molecule has 3 rings (SSSR count). The predicted molar refractivity (Wildman–Crippen MR) is 89.5 cm³/mol. The van der Waals surface area contributed by atoms with Crippen molar-refractivity contribution in [2.45, 2.75) is 0 Å². The van der Waals surface area contributed by atoms with Gasteiger partial charge in [0, 0.05) is 5.56 Å². The van der Waals surface area contributed by atoms with E-state index < -0.39 is 5.71 Å². The monoisotopic (exact) mass is 314 g/mol. The Kier molecular flexibility index (Phi) is 4.00. The average molecular weight is 314 g/mol. The Labute approximate surface area is 136 Å². The van der Waals surface area contributed by atoms with E-state index in [0.29, 0.717) is 22.3 Å². The number of para-hydroxylation sites is 1. The third-order valence-corrected chi connectivity index (χ3v) is 3.28. The van der Waals surface area contributed by atoms with Crippen LogP contribution in [0.2, 0.25) is 0 Å². The van der Waals surface area contributed by atoms with Gasteiger partial charge in [-0.25, -0.2) is 10.5 Å². The van der Waals surface area contributed by atoms with Crippen LogP contribution in [0, 0.1) is 22.7 Å². The summed E-state index contributed by atoms with van der Waals surface area (Å²) in [6, 6.07) is 19.3. The average Bonchev–Trinajstić information content (AvgIpc) is 2.64. The second-order valence-electron chi connectivity index (χ2n) is 4.74. The Bertz CT molecular complexity index is 1050. The van der Waals surface area contributed by atoms with Crippen LogP contribution in [0.25, 0.3) is 22.3 Å². The summed E-state index contributed by atoms with van der Waals surface area (Å²) >= 11 is 0. The lowest BCUT2D eigenvalue weighted by atomic mass is 10.2. The molecule has 0 fully saturated rings.